The molecule has 0 unspecified atom stereocenters. The van der Waals surface area contributed by atoms with Gasteiger partial charge in [-0.05, 0) is 6.54 Å². The van der Waals surface area contributed by atoms with Gasteiger partial charge in [0.1, 0.15) is 0 Å². The lowest BCUT2D eigenvalue weighted by Crippen LogP contribution is -2.42. The van der Waals surface area contributed by atoms with Gasteiger partial charge in [0.05, 0.1) is 6.34 Å². The molecule has 0 aromatic carbocycles. The summed E-state index contributed by atoms with van der Waals surface area (Å²) >= 11 is 11.7. The van der Waals surface area contributed by atoms with Gasteiger partial charge in [-0.1, -0.05) is 23.2 Å². The number of hydrogen-bond donors (Lipinski definition) is 2. The van der Waals surface area contributed by atoms with Crippen LogP contribution in [0.2, 0.25) is 0 Å². The largest absolute Gasteiger partial charge is 0.355 e. The Labute approximate surface area is 69.6 Å². The highest BCUT2D eigenvalue weighted by Crippen LogP contribution is 2.28. The fourth-order valence-corrected chi connectivity index (χ4v) is 1.24. The maximum absolute atomic E-state index is 5.97. The summed E-state index contributed by atoms with van der Waals surface area (Å²) < 4.78 is 0. The number of halogens is 2. The molecule has 3 nitrogen and oxygen atoms in total. The maximum Gasteiger partial charge on any atom is 0.162 e. The number of hydrogen-bond acceptors (Lipinski definition) is 3. The van der Waals surface area contributed by atoms with E-state index in [2.05, 4.69) is 10.3 Å². The summed E-state index contributed by atoms with van der Waals surface area (Å²) in [6.07, 6.45) is 2.13. The quantitative estimate of drug-likeness (QED) is 0.481. The van der Waals surface area contributed by atoms with E-state index in [1.54, 1.807) is 0 Å². The molecule has 5 heteroatoms. The minimum Gasteiger partial charge on any atom is -0.355 e. The lowest BCUT2D eigenvalue weighted by atomic mass is 10.2. The van der Waals surface area contributed by atoms with Crippen molar-refractivity contribution in [2.75, 3.05) is 6.54 Å². The van der Waals surface area contributed by atoms with Gasteiger partial charge < -0.3 is 11.1 Å². The van der Waals surface area contributed by atoms with E-state index in [-0.39, 0.29) is 0 Å². The standard InChI is InChI=1S/C5H9Cl2N3/c6-4-5(7,1-2-8)10-3-9-4/h3-4H,1-2,8H2,(H,9,10)/t4-,5+/m0/s1. The maximum atomic E-state index is 5.97. The summed E-state index contributed by atoms with van der Waals surface area (Å²) in [6.45, 7) is 0.503. The van der Waals surface area contributed by atoms with Crippen molar-refractivity contribution in [1.29, 1.82) is 0 Å². The highest BCUT2D eigenvalue weighted by atomic mass is 35.5. The first-order chi connectivity index (χ1) is 4.69. The third kappa shape index (κ3) is 1.36. The third-order valence-corrected chi connectivity index (χ3v) is 2.50. The molecule has 0 aromatic rings. The fourth-order valence-electron chi connectivity index (χ4n) is 0.798. The van der Waals surface area contributed by atoms with Gasteiger partial charge in [-0.3, -0.25) is 4.99 Å². The minimum absolute atomic E-state index is 0.405. The summed E-state index contributed by atoms with van der Waals surface area (Å²) in [6, 6.07) is 0. The Morgan fingerprint density at radius 2 is 2.50 bits per heavy atom. The van der Waals surface area contributed by atoms with E-state index in [1.807, 2.05) is 0 Å². The van der Waals surface area contributed by atoms with Crippen molar-refractivity contribution in [3.8, 4) is 0 Å². The molecule has 0 saturated carbocycles. The van der Waals surface area contributed by atoms with E-state index in [4.69, 9.17) is 28.9 Å². The van der Waals surface area contributed by atoms with E-state index in [0.29, 0.717) is 13.0 Å². The zero-order valence-corrected chi connectivity index (χ0v) is 6.86. The highest BCUT2D eigenvalue weighted by Gasteiger charge is 2.37. The molecule has 1 aliphatic rings. The van der Waals surface area contributed by atoms with Gasteiger partial charge in [0.2, 0.25) is 0 Å². The van der Waals surface area contributed by atoms with Crippen molar-refractivity contribution in [3.63, 3.8) is 0 Å². The molecule has 0 amide bonds. The normalized spacial score (nSPS) is 38.1. The first-order valence-electron chi connectivity index (χ1n) is 3.01. The molecule has 0 spiro atoms. The zero-order chi connectivity index (χ0) is 7.61. The summed E-state index contributed by atoms with van der Waals surface area (Å²) in [5, 5.41) is 2.85. The Kier molecular flexibility index (Phi) is 2.39. The van der Waals surface area contributed by atoms with Gasteiger partial charge in [-0.25, -0.2) is 0 Å². The van der Waals surface area contributed by atoms with E-state index in [0.717, 1.165) is 0 Å². The Morgan fingerprint density at radius 3 is 2.90 bits per heavy atom. The molecule has 58 valence electrons. The Bertz CT molecular complexity index is 150. The van der Waals surface area contributed by atoms with Gasteiger partial charge in [-0.15, -0.1) is 0 Å². The predicted molar refractivity (Wildman–Crippen MR) is 43.5 cm³/mol. The summed E-state index contributed by atoms with van der Waals surface area (Å²) in [4.78, 5) is 3.19. The van der Waals surface area contributed by atoms with Crippen LogP contribution in [0.4, 0.5) is 0 Å². The predicted octanol–water partition coefficient (Wildman–Crippen LogP) is 0.467. The van der Waals surface area contributed by atoms with Crippen molar-refractivity contribution in [1.82, 2.24) is 5.32 Å². The number of nitrogens with one attached hydrogen (secondary N) is 1. The summed E-state index contributed by atoms with van der Waals surface area (Å²) in [5.41, 5.74) is 4.91. The molecule has 2 atom stereocenters. The van der Waals surface area contributed by atoms with Gasteiger partial charge >= 0.3 is 0 Å². The first kappa shape index (κ1) is 8.11. The Hall–Kier alpha value is 0.01000. The second-order valence-corrected chi connectivity index (χ2v) is 3.25. The SMILES string of the molecule is NCC[C@@]1(Cl)NC=N[C@@H]1Cl. The Morgan fingerprint density at radius 1 is 1.80 bits per heavy atom. The van der Waals surface area contributed by atoms with Crippen molar-refractivity contribution < 1.29 is 0 Å². The molecule has 3 N–H and O–H groups in total. The monoisotopic (exact) mass is 181 g/mol. The van der Waals surface area contributed by atoms with Crippen molar-refractivity contribution in [3.05, 3.63) is 0 Å². The van der Waals surface area contributed by atoms with E-state index < -0.39 is 10.5 Å². The van der Waals surface area contributed by atoms with Crippen LogP contribution in [0.1, 0.15) is 6.42 Å². The van der Waals surface area contributed by atoms with Crippen LogP contribution in [-0.4, -0.2) is 23.4 Å². The summed E-state index contributed by atoms with van der Waals surface area (Å²) in [5.74, 6) is 0. The molecule has 0 saturated heterocycles. The van der Waals surface area contributed by atoms with Crippen LogP contribution < -0.4 is 11.1 Å². The van der Waals surface area contributed by atoms with Crippen LogP contribution in [-0.2, 0) is 0 Å². The fraction of sp³-hybridized carbons (Fsp3) is 0.800. The van der Waals surface area contributed by atoms with E-state index in [9.17, 15) is 0 Å². The topological polar surface area (TPSA) is 50.4 Å². The second kappa shape index (κ2) is 2.95. The number of nitrogens with zero attached hydrogens (tertiary/aromatic N) is 1. The van der Waals surface area contributed by atoms with Gasteiger partial charge in [-0.2, -0.15) is 0 Å². The molecule has 0 fully saturated rings. The van der Waals surface area contributed by atoms with E-state index in [1.165, 1.54) is 6.34 Å². The lowest BCUT2D eigenvalue weighted by molar-refractivity contribution is 0.518. The molecule has 0 aliphatic carbocycles. The average Bonchev–Trinajstić information content (AvgIpc) is 2.15. The molecule has 1 rings (SSSR count). The molecular formula is C5H9Cl2N3. The van der Waals surface area contributed by atoms with Gasteiger partial charge in [0.15, 0.2) is 10.5 Å². The van der Waals surface area contributed by atoms with Crippen molar-refractivity contribution >= 4 is 29.5 Å². The van der Waals surface area contributed by atoms with E-state index >= 15 is 0 Å². The third-order valence-electron chi connectivity index (χ3n) is 1.40. The minimum atomic E-state index is -0.656. The summed E-state index contributed by atoms with van der Waals surface area (Å²) in [7, 11) is 0. The second-order valence-electron chi connectivity index (χ2n) is 2.16. The molecule has 0 bridgehead atoms. The molecule has 1 heterocycles. The van der Waals surface area contributed by atoms with Crippen LogP contribution in [0.5, 0.6) is 0 Å². The van der Waals surface area contributed by atoms with Crippen LogP contribution in [0.3, 0.4) is 0 Å². The van der Waals surface area contributed by atoms with Crippen LogP contribution >= 0.6 is 23.2 Å². The number of nitrogens with two attached hydrogens (primary N) is 1. The molecule has 0 radical (unpaired) electrons. The smallest absolute Gasteiger partial charge is 0.162 e. The average molecular weight is 182 g/mol. The highest BCUT2D eigenvalue weighted by molar-refractivity contribution is 6.33. The van der Waals surface area contributed by atoms with Crippen LogP contribution in [0, 0.1) is 0 Å². The molecular weight excluding hydrogens is 173 g/mol. The van der Waals surface area contributed by atoms with Crippen LogP contribution in [0.25, 0.3) is 0 Å². The Balaban J connectivity index is 2.52. The lowest BCUT2D eigenvalue weighted by Gasteiger charge is -2.22. The van der Waals surface area contributed by atoms with Crippen LogP contribution in [0.15, 0.2) is 4.99 Å². The molecule has 0 aromatic heterocycles. The number of aliphatic imine (C=N–C) groups is 1. The number of alkyl halides is 2. The molecule has 10 heavy (non-hydrogen) atoms. The van der Waals surface area contributed by atoms with Crippen molar-refractivity contribution in [2.45, 2.75) is 16.9 Å². The number of rotatable bonds is 2. The van der Waals surface area contributed by atoms with Crippen molar-refractivity contribution in [2.24, 2.45) is 10.7 Å². The molecule has 1 aliphatic heterocycles. The first-order valence-corrected chi connectivity index (χ1v) is 3.83. The van der Waals surface area contributed by atoms with Gasteiger partial charge in [0.25, 0.3) is 0 Å². The van der Waals surface area contributed by atoms with Gasteiger partial charge in [0, 0.05) is 6.42 Å². The zero-order valence-electron chi connectivity index (χ0n) is 5.35.